The van der Waals surface area contributed by atoms with Crippen LogP contribution in [-0.2, 0) is 0 Å². The minimum atomic E-state index is -0.106. The van der Waals surface area contributed by atoms with Gasteiger partial charge in [-0.25, -0.2) is 4.79 Å². The molecule has 1 fully saturated rings. The van der Waals surface area contributed by atoms with Gasteiger partial charge in [0.2, 0.25) is 0 Å². The molecule has 6 nitrogen and oxygen atoms in total. The van der Waals surface area contributed by atoms with Crippen LogP contribution in [0.25, 0.3) is 0 Å². The Kier molecular flexibility index (Phi) is 3.78. The summed E-state index contributed by atoms with van der Waals surface area (Å²) in [5, 5.41) is 0. The van der Waals surface area contributed by atoms with Crippen LogP contribution < -0.4 is 0 Å². The summed E-state index contributed by atoms with van der Waals surface area (Å²) in [7, 11) is 3.46. The summed E-state index contributed by atoms with van der Waals surface area (Å²) in [4.78, 5) is 28.9. The number of hydrogen-bond donors (Lipinski definition) is 0. The molecule has 1 saturated heterocycles. The Labute approximate surface area is 112 Å². The lowest BCUT2D eigenvalue weighted by Crippen LogP contribution is -2.52. The van der Waals surface area contributed by atoms with Crippen molar-refractivity contribution in [2.45, 2.75) is 6.92 Å². The molecule has 0 radical (unpaired) electrons. The molecule has 1 aromatic rings. The molecule has 2 rings (SSSR count). The standard InChI is InChI=1S/C13H19N3O3/c1-10-4-5-11(19-10)12(17)15-6-8-16(9-7-15)13(18)14(2)3/h4-5H,6-9H2,1-3H3. The van der Waals surface area contributed by atoms with Crippen molar-refractivity contribution < 1.29 is 14.0 Å². The first-order valence-electron chi connectivity index (χ1n) is 6.31. The Bertz CT molecular complexity index is 473. The van der Waals surface area contributed by atoms with Gasteiger partial charge in [-0.2, -0.15) is 0 Å². The third-order valence-corrected chi connectivity index (χ3v) is 3.17. The maximum Gasteiger partial charge on any atom is 0.319 e. The minimum Gasteiger partial charge on any atom is -0.456 e. The number of aryl methyl sites for hydroxylation is 1. The van der Waals surface area contributed by atoms with Crippen LogP contribution in [0.5, 0.6) is 0 Å². The van der Waals surface area contributed by atoms with E-state index in [9.17, 15) is 9.59 Å². The Morgan fingerprint density at radius 3 is 2.16 bits per heavy atom. The van der Waals surface area contributed by atoms with E-state index in [1.165, 1.54) is 0 Å². The summed E-state index contributed by atoms with van der Waals surface area (Å²) in [5.41, 5.74) is 0. The molecule has 0 bridgehead atoms. The van der Waals surface area contributed by atoms with Crippen LogP contribution in [0.4, 0.5) is 4.79 Å². The monoisotopic (exact) mass is 265 g/mol. The summed E-state index contributed by atoms with van der Waals surface area (Å²) in [6.07, 6.45) is 0. The zero-order valence-corrected chi connectivity index (χ0v) is 11.5. The molecule has 1 aliphatic rings. The highest BCUT2D eigenvalue weighted by Crippen LogP contribution is 2.12. The normalized spacial score (nSPS) is 15.5. The summed E-state index contributed by atoms with van der Waals surface area (Å²) in [6, 6.07) is 3.45. The maximum absolute atomic E-state index is 12.1. The fourth-order valence-electron chi connectivity index (χ4n) is 2.09. The fourth-order valence-corrected chi connectivity index (χ4v) is 2.09. The van der Waals surface area contributed by atoms with E-state index in [1.54, 1.807) is 40.9 Å². The van der Waals surface area contributed by atoms with Crippen LogP contribution in [0, 0.1) is 6.92 Å². The average Bonchev–Trinajstić information content (AvgIpc) is 2.84. The number of rotatable bonds is 1. The summed E-state index contributed by atoms with van der Waals surface area (Å²) in [5.74, 6) is 0.986. The number of piperazine rings is 1. The lowest BCUT2D eigenvalue weighted by molar-refractivity contribution is 0.0619. The minimum absolute atomic E-state index is 0.0130. The summed E-state index contributed by atoms with van der Waals surface area (Å²) in [6.45, 7) is 4.01. The highest BCUT2D eigenvalue weighted by atomic mass is 16.3. The van der Waals surface area contributed by atoms with E-state index in [1.807, 2.05) is 6.92 Å². The molecule has 1 aliphatic heterocycles. The van der Waals surface area contributed by atoms with Gasteiger partial charge in [-0.3, -0.25) is 4.79 Å². The van der Waals surface area contributed by atoms with Crippen molar-refractivity contribution in [2.24, 2.45) is 0 Å². The molecule has 1 aromatic heterocycles. The third-order valence-electron chi connectivity index (χ3n) is 3.17. The second kappa shape index (κ2) is 5.34. The van der Waals surface area contributed by atoms with E-state index in [4.69, 9.17) is 4.42 Å². The largest absolute Gasteiger partial charge is 0.456 e. The highest BCUT2D eigenvalue weighted by molar-refractivity contribution is 5.91. The molecule has 6 heteroatoms. The zero-order chi connectivity index (χ0) is 14.0. The van der Waals surface area contributed by atoms with Crippen molar-refractivity contribution in [3.05, 3.63) is 23.7 Å². The first-order chi connectivity index (χ1) is 8.99. The van der Waals surface area contributed by atoms with Crippen LogP contribution in [0.1, 0.15) is 16.3 Å². The van der Waals surface area contributed by atoms with Crippen molar-refractivity contribution in [1.82, 2.24) is 14.7 Å². The molecule has 2 heterocycles. The Morgan fingerprint density at radius 1 is 1.11 bits per heavy atom. The molecule has 0 aliphatic carbocycles. The van der Waals surface area contributed by atoms with E-state index in [0.29, 0.717) is 31.9 Å². The summed E-state index contributed by atoms with van der Waals surface area (Å²) >= 11 is 0. The van der Waals surface area contributed by atoms with Crippen LogP contribution in [0.3, 0.4) is 0 Å². The fraction of sp³-hybridized carbons (Fsp3) is 0.538. The molecule has 0 unspecified atom stereocenters. The van der Waals surface area contributed by atoms with Gasteiger partial charge in [0, 0.05) is 40.3 Å². The number of amides is 3. The lowest BCUT2D eigenvalue weighted by atomic mass is 10.3. The quantitative estimate of drug-likeness (QED) is 0.762. The molecule has 0 N–H and O–H groups in total. The lowest BCUT2D eigenvalue weighted by Gasteiger charge is -2.35. The smallest absolute Gasteiger partial charge is 0.319 e. The molecule has 0 saturated carbocycles. The van der Waals surface area contributed by atoms with Crippen molar-refractivity contribution >= 4 is 11.9 Å². The molecule has 3 amide bonds. The Balaban J connectivity index is 1.93. The van der Waals surface area contributed by atoms with Crippen LogP contribution in [0.2, 0.25) is 0 Å². The van der Waals surface area contributed by atoms with Crippen molar-refractivity contribution in [3.8, 4) is 0 Å². The average molecular weight is 265 g/mol. The van der Waals surface area contributed by atoms with Crippen LogP contribution in [0.15, 0.2) is 16.5 Å². The van der Waals surface area contributed by atoms with E-state index in [2.05, 4.69) is 0 Å². The third kappa shape index (κ3) is 2.89. The highest BCUT2D eigenvalue weighted by Gasteiger charge is 2.26. The number of nitrogens with zero attached hydrogens (tertiary/aromatic N) is 3. The van der Waals surface area contributed by atoms with E-state index < -0.39 is 0 Å². The van der Waals surface area contributed by atoms with Gasteiger partial charge in [0.15, 0.2) is 5.76 Å². The molecule has 104 valence electrons. The zero-order valence-electron chi connectivity index (χ0n) is 11.5. The van der Waals surface area contributed by atoms with Gasteiger partial charge < -0.3 is 19.1 Å². The van der Waals surface area contributed by atoms with Gasteiger partial charge in [0.25, 0.3) is 5.91 Å². The van der Waals surface area contributed by atoms with Gasteiger partial charge in [-0.15, -0.1) is 0 Å². The first kappa shape index (κ1) is 13.5. The molecule has 0 aromatic carbocycles. The number of urea groups is 1. The second-order valence-corrected chi connectivity index (χ2v) is 4.87. The van der Waals surface area contributed by atoms with Crippen LogP contribution >= 0.6 is 0 Å². The van der Waals surface area contributed by atoms with Crippen molar-refractivity contribution in [1.29, 1.82) is 0 Å². The predicted molar refractivity (Wildman–Crippen MR) is 70.0 cm³/mol. The Morgan fingerprint density at radius 2 is 1.68 bits per heavy atom. The van der Waals surface area contributed by atoms with Gasteiger partial charge in [-0.1, -0.05) is 0 Å². The molecule has 19 heavy (non-hydrogen) atoms. The van der Waals surface area contributed by atoms with E-state index in [-0.39, 0.29) is 11.9 Å². The van der Waals surface area contributed by atoms with Crippen molar-refractivity contribution in [3.63, 3.8) is 0 Å². The molecule has 0 spiro atoms. The van der Waals surface area contributed by atoms with Gasteiger partial charge in [0.1, 0.15) is 5.76 Å². The van der Waals surface area contributed by atoms with Crippen LogP contribution in [-0.4, -0.2) is 66.9 Å². The number of hydrogen-bond acceptors (Lipinski definition) is 3. The molecular weight excluding hydrogens is 246 g/mol. The second-order valence-electron chi connectivity index (χ2n) is 4.87. The van der Waals surface area contributed by atoms with Gasteiger partial charge >= 0.3 is 6.03 Å². The Hall–Kier alpha value is -1.98. The SMILES string of the molecule is Cc1ccc(C(=O)N2CCN(C(=O)N(C)C)CC2)o1. The topological polar surface area (TPSA) is 57.0 Å². The van der Waals surface area contributed by atoms with E-state index >= 15 is 0 Å². The maximum atomic E-state index is 12.1. The number of carbonyl (C=O) groups is 2. The van der Waals surface area contributed by atoms with Crippen molar-refractivity contribution in [2.75, 3.05) is 40.3 Å². The number of furan rings is 1. The molecular formula is C13H19N3O3. The molecule has 0 atom stereocenters. The van der Waals surface area contributed by atoms with Gasteiger partial charge in [-0.05, 0) is 19.1 Å². The van der Waals surface area contributed by atoms with E-state index in [0.717, 1.165) is 5.76 Å². The first-order valence-corrected chi connectivity index (χ1v) is 6.31. The van der Waals surface area contributed by atoms with Gasteiger partial charge in [0.05, 0.1) is 0 Å². The summed E-state index contributed by atoms with van der Waals surface area (Å²) < 4.78 is 5.33. The number of carbonyl (C=O) groups excluding carboxylic acids is 2. The predicted octanol–water partition coefficient (Wildman–Crippen LogP) is 1.03.